The van der Waals surface area contributed by atoms with E-state index in [1.807, 2.05) is 12.1 Å². The maximum absolute atomic E-state index is 8.74. The van der Waals surface area contributed by atoms with E-state index in [0.29, 0.717) is 0 Å². The molecule has 0 unspecified atom stereocenters. The van der Waals surface area contributed by atoms with Gasteiger partial charge >= 0.3 is 0 Å². The average molecular weight is 302 g/mol. The minimum absolute atomic E-state index is 0.272. The first-order valence-electron chi connectivity index (χ1n) is 5.79. The molecule has 0 saturated heterocycles. The molecule has 0 aliphatic carbocycles. The second-order valence-corrected chi connectivity index (χ2v) is 5.04. The summed E-state index contributed by atoms with van der Waals surface area (Å²) in [7, 11) is 3.77. The Morgan fingerprint density at radius 1 is 1.35 bits per heavy atom. The molecule has 0 fully saturated rings. The van der Waals surface area contributed by atoms with Gasteiger partial charge in [-0.15, -0.1) is 0 Å². The number of ether oxygens (including phenoxy) is 1. The first-order chi connectivity index (χ1) is 8.17. The maximum atomic E-state index is 8.74. The van der Waals surface area contributed by atoms with E-state index in [1.54, 1.807) is 7.11 Å². The van der Waals surface area contributed by atoms with Gasteiger partial charge in [-0.3, -0.25) is 0 Å². The van der Waals surface area contributed by atoms with Crippen LogP contribution in [0.3, 0.4) is 0 Å². The highest BCUT2D eigenvalue weighted by atomic mass is 79.9. The summed E-state index contributed by atoms with van der Waals surface area (Å²) >= 11 is 3.47. The third-order valence-electron chi connectivity index (χ3n) is 2.63. The van der Waals surface area contributed by atoms with Crippen LogP contribution >= 0.6 is 15.9 Å². The molecular formula is C13H20BrNO2. The lowest BCUT2D eigenvalue weighted by atomic mass is 10.2. The van der Waals surface area contributed by atoms with Crippen molar-refractivity contribution in [2.45, 2.75) is 19.4 Å². The summed E-state index contributed by atoms with van der Waals surface area (Å²) in [6.07, 6.45) is 1.88. The molecule has 0 atom stereocenters. The van der Waals surface area contributed by atoms with E-state index in [0.717, 1.165) is 36.2 Å². The second-order valence-electron chi connectivity index (χ2n) is 4.12. The highest BCUT2D eigenvalue weighted by Gasteiger charge is 2.06. The van der Waals surface area contributed by atoms with Crippen LogP contribution in [-0.4, -0.2) is 37.3 Å². The molecule has 0 aliphatic heterocycles. The lowest BCUT2D eigenvalue weighted by Crippen LogP contribution is -2.19. The zero-order valence-electron chi connectivity index (χ0n) is 10.4. The van der Waals surface area contributed by atoms with Gasteiger partial charge in [-0.25, -0.2) is 0 Å². The van der Waals surface area contributed by atoms with Crippen LogP contribution in [0.25, 0.3) is 0 Å². The van der Waals surface area contributed by atoms with Gasteiger partial charge in [0.05, 0.1) is 7.11 Å². The number of aliphatic hydroxyl groups is 1. The first kappa shape index (κ1) is 14.5. The van der Waals surface area contributed by atoms with E-state index < -0.39 is 0 Å². The van der Waals surface area contributed by atoms with Crippen molar-refractivity contribution in [2.24, 2.45) is 0 Å². The molecule has 4 heteroatoms. The van der Waals surface area contributed by atoms with Crippen molar-refractivity contribution in [1.82, 2.24) is 4.90 Å². The number of aliphatic hydroxyl groups excluding tert-OH is 1. The summed E-state index contributed by atoms with van der Waals surface area (Å²) in [5.74, 6) is 0.919. The summed E-state index contributed by atoms with van der Waals surface area (Å²) < 4.78 is 6.41. The standard InChI is InChI=1S/C13H20BrNO2/c1-15(7-3-4-8-16)10-11-9-12(14)5-6-13(11)17-2/h5-6,9,16H,3-4,7-8,10H2,1-2H3. The number of methoxy groups -OCH3 is 1. The molecule has 0 bridgehead atoms. The van der Waals surface area contributed by atoms with E-state index in [2.05, 4.69) is 33.9 Å². The van der Waals surface area contributed by atoms with Crippen molar-refractivity contribution in [3.8, 4) is 5.75 Å². The van der Waals surface area contributed by atoms with Crippen molar-refractivity contribution in [3.63, 3.8) is 0 Å². The molecule has 0 aromatic heterocycles. The zero-order chi connectivity index (χ0) is 12.7. The van der Waals surface area contributed by atoms with E-state index in [4.69, 9.17) is 9.84 Å². The highest BCUT2D eigenvalue weighted by Crippen LogP contribution is 2.24. The SMILES string of the molecule is COc1ccc(Br)cc1CN(C)CCCCO. The number of unbranched alkanes of at least 4 members (excludes halogenated alkanes) is 1. The fourth-order valence-corrected chi connectivity index (χ4v) is 2.14. The summed E-state index contributed by atoms with van der Waals surface area (Å²) in [4.78, 5) is 2.24. The lowest BCUT2D eigenvalue weighted by molar-refractivity contribution is 0.259. The summed E-state index contributed by atoms with van der Waals surface area (Å²) in [5, 5.41) is 8.74. The molecule has 0 heterocycles. The van der Waals surface area contributed by atoms with Gasteiger partial charge < -0.3 is 14.7 Å². The molecule has 1 rings (SSSR count). The molecule has 0 radical (unpaired) electrons. The quantitative estimate of drug-likeness (QED) is 0.786. The fourth-order valence-electron chi connectivity index (χ4n) is 1.73. The number of hydrogen-bond donors (Lipinski definition) is 1. The van der Waals surface area contributed by atoms with Gasteiger partial charge in [0.15, 0.2) is 0 Å². The predicted octanol–water partition coefficient (Wildman–Crippen LogP) is 2.66. The van der Waals surface area contributed by atoms with Crippen LogP contribution in [0.2, 0.25) is 0 Å². The van der Waals surface area contributed by atoms with Crippen LogP contribution in [0.4, 0.5) is 0 Å². The minimum atomic E-state index is 0.272. The van der Waals surface area contributed by atoms with Crippen LogP contribution in [0.15, 0.2) is 22.7 Å². The number of benzene rings is 1. The number of nitrogens with zero attached hydrogens (tertiary/aromatic N) is 1. The summed E-state index contributed by atoms with van der Waals surface area (Å²) in [6.45, 7) is 2.11. The van der Waals surface area contributed by atoms with E-state index in [-0.39, 0.29) is 6.61 Å². The molecule has 0 aliphatic rings. The third kappa shape index (κ3) is 5.06. The zero-order valence-corrected chi connectivity index (χ0v) is 12.0. The molecule has 0 saturated carbocycles. The smallest absolute Gasteiger partial charge is 0.123 e. The number of halogens is 1. The van der Waals surface area contributed by atoms with Gasteiger partial charge in [-0.2, -0.15) is 0 Å². The number of rotatable bonds is 7. The Morgan fingerprint density at radius 3 is 2.76 bits per heavy atom. The molecule has 1 N–H and O–H groups in total. The van der Waals surface area contributed by atoms with E-state index in [1.165, 1.54) is 5.56 Å². The van der Waals surface area contributed by atoms with Gasteiger partial charge in [-0.05, 0) is 44.6 Å². The van der Waals surface area contributed by atoms with Gasteiger partial charge in [0.1, 0.15) is 5.75 Å². The molecular weight excluding hydrogens is 282 g/mol. The normalized spacial score (nSPS) is 10.9. The lowest BCUT2D eigenvalue weighted by Gasteiger charge is -2.18. The molecule has 0 amide bonds. The van der Waals surface area contributed by atoms with Crippen LogP contribution in [0, 0.1) is 0 Å². The maximum Gasteiger partial charge on any atom is 0.123 e. The molecule has 0 spiro atoms. The Bertz CT molecular complexity index is 344. The van der Waals surface area contributed by atoms with Crippen molar-refractivity contribution in [3.05, 3.63) is 28.2 Å². The van der Waals surface area contributed by atoms with E-state index >= 15 is 0 Å². The monoisotopic (exact) mass is 301 g/mol. The Morgan fingerprint density at radius 2 is 2.12 bits per heavy atom. The Labute approximate surface area is 112 Å². The molecule has 96 valence electrons. The van der Waals surface area contributed by atoms with Gasteiger partial charge in [0.2, 0.25) is 0 Å². The largest absolute Gasteiger partial charge is 0.496 e. The molecule has 1 aromatic rings. The van der Waals surface area contributed by atoms with Crippen molar-refractivity contribution >= 4 is 15.9 Å². The molecule has 17 heavy (non-hydrogen) atoms. The van der Waals surface area contributed by atoms with Crippen LogP contribution in [-0.2, 0) is 6.54 Å². The molecule has 3 nitrogen and oxygen atoms in total. The predicted molar refractivity (Wildman–Crippen MR) is 73.3 cm³/mol. The van der Waals surface area contributed by atoms with Crippen LogP contribution < -0.4 is 4.74 Å². The van der Waals surface area contributed by atoms with E-state index in [9.17, 15) is 0 Å². The minimum Gasteiger partial charge on any atom is -0.496 e. The Hall–Kier alpha value is -0.580. The first-order valence-corrected chi connectivity index (χ1v) is 6.58. The topological polar surface area (TPSA) is 32.7 Å². The van der Waals surface area contributed by atoms with Crippen molar-refractivity contribution in [1.29, 1.82) is 0 Å². The second kappa shape index (κ2) is 7.69. The molecule has 1 aromatic carbocycles. The Kier molecular flexibility index (Phi) is 6.55. The third-order valence-corrected chi connectivity index (χ3v) is 3.12. The van der Waals surface area contributed by atoms with Gasteiger partial charge in [0, 0.05) is 23.2 Å². The van der Waals surface area contributed by atoms with Crippen LogP contribution in [0.5, 0.6) is 5.75 Å². The average Bonchev–Trinajstić information content (AvgIpc) is 2.29. The summed E-state index contributed by atoms with van der Waals surface area (Å²) in [5.41, 5.74) is 1.17. The van der Waals surface area contributed by atoms with Crippen molar-refractivity contribution < 1.29 is 9.84 Å². The van der Waals surface area contributed by atoms with Crippen LogP contribution in [0.1, 0.15) is 18.4 Å². The summed E-state index contributed by atoms with van der Waals surface area (Å²) in [6, 6.07) is 6.04. The van der Waals surface area contributed by atoms with Crippen molar-refractivity contribution in [2.75, 3.05) is 27.3 Å². The Balaban J connectivity index is 2.57. The van der Waals surface area contributed by atoms with Gasteiger partial charge in [0.25, 0.3) is 0 Å². The highest BCUT2D eigenvalue weighted by molar-refractivity contribution is 9.10. The van der Waals surface area contributed by atoms with Gasteiger partial charge in [-0.1, -0.05) is 15.9 Å². The number of hydrogen-bond acceptors (Lipinski definition) is 3. The fraction of sp³-hybridized carbons (Fsp3) is 0.538.